The lowest BCUT2D eigenvalue weighted by Crippen LogP contribution is -2.29. The van der Waals surface area contributed by atoms with Gasteiger partial charge in [0.1, 0.15) is 4.88 Å². The monoisotopic (exact) mass is 319 g/mol. The molecule has 0 aliphatic rings. The van der Waals surface area contributed by atoms with Gasteiger partial charge in [-0.1, -0.05) is 41.7 Å². The number of aromatic nitrogens is 1. The summed E-state index contributed by atoms with van der Waals surface area (Å²) in [6.45, 7) is 1.85. The van der Waals surface area contributed by atoms with Gasteiger partial charge in [-0.3, -0.25) is 4.79 Å². The maximum Gasteiger partial charge on any atom is 0.263 e. The highest BCUT2D eigenvalue weighted by atomic mass is 32.1. The van der Waals surface area contributed by atoms with Crippen molar-refractivity contribution in [2.75, 3.05) is 25.6 Å². The second-order valence-electron chi connectivity index (χ2n) is 5.25. The van der Waals surface area contributed by atoms with Crippen LogP contribution in [0.3, 0.4) is 0 Å². The smallest absolute Gasteiger partial charge is 0.263 e. The Hall–Kier alpha value is -1.92. The van der Waals surface area contributed by atoms with E-state index in [4.69, 9.17) is 0 Å². The summed E-state index contributed by atoms with van der Waals surface area (Å²) in [5, 5.41) is 13.0. The first-order valence-electron chi connectivity index (χ1n) is 7.14. The number of anilines is 1. The number of thiazole rings is 1. The van der Waals surface area contributed by atoms with Crippen LogP contribution < -0.4 is 10.2 Å². The molecule has 2 aromatic rings. The van der Waals surface area contributed by atoms with Gasteiger partial charge < -0.3 is 15.3 Å². The minimum Gasteiger partial charge on any atom is -0.396 e. The fourth-order valence-electron chi connectivity index (χ4n) is 2.14. The number of carbonyl (C=O) groups excluding carboxylic acids is 1. The van der Waals surface area contributed by atoms with Gasteiger partial charge in [0, 0.05) is 20.7 Å². The number of nitrogens with one attached hydrogen (secondary N) is 1. The summed E-state index contributed by atoms with van der Waals surface area (Å²) in [4.78, 5) is 19.4. The summed E-state index contributed by atoms with van der Waals surface area (Å²) in [6, 6.07) is 9.47. The number of rotatable bonds is 6. The Morgan fingerprint density at radius 1 is 1.36 bits per heavy atom. The average Bonchev–Trinajstić information content (AvgIpc) is 2.90. The van der Waals surface area contributed by atoms with Crippen LogP contribution in [-0.4, -0.2) is 36.7 Å². The molecular formula is C16H21N3O2S. The molecule has 1 unspecified atom stereocenters. The third kappa shape index (κ3) is 3.84. The Bertz CT molecular complexity index is 626. The Morgan fingerprint density at radius 3 is 2.59 bits per heavy atom. The Morgan fingerprint density at radius 2 is 2.05 bits per heavy atom. The largest absolute Gasteiger partial charge is 0.396 e. The van der Waals surface area contributed by atoms with Crippen LogP contribution in [0.2, 0.25) is 0 Å². The van der Waals surface area contributed by atoms with Crippen LogP contribution in [0.4, 0.5) is 5.13 Å². The minimum atomic E-state index is -0.206. The normalized spacial score (nSPS) is 12.0. The van der Waals surface area contributed by atoms with E-state index in [0.29, 0.717) is 11.3 Å². The molecule has 1 aromatic heterocycles. The predicted octanol–water partition coefficient (Wildman–Crippen LogP) is 2.37. The van der Waals surface area contributed by atoms with Crippen LogP contribution in [-0.2, 0) is 0 Å². The molecule has 6 heteroatoms. The van der Waals surface area contributed by atoms with Crippen molar-refractivity contribution in [1.82, 2.24) is 10.3 Å². The molecule has 0 saturated carbocycles. The summed E-state index contributed by atoms with van der Waals surface area (Å²) >= 11 is 1.37. The fraction of sp³-hybridized carbons (Fsp3) is 0.375. The molecular weight excluding hydrogens is 298 g/mol. The highest BCUT2D eigenvalue weighted by Crippen LogP contribution is 2.25. The van der Waals surface area contributed by atoms with E-state index in [9.17, 15) is 9.90 Å². The number of aliphatic hydroxyl groups excluding tert-OH is 1. The molecule has 0 fully saturated rings. The molecule has 0 radical (unpaired) electrons. The van der Waals surface area contributed by atoms with Crippen molar-refractivity contribution in [3.05, 3.63) is 46.5 Å². The van der Waals surface area contributed by atoms with Crippen molar-refractivity contribution in [1.29, 1.82) is 0 Å². The summed E-state index contributed by atoms with van der Waals surface area (Å²) in [7, 11) is 3.80. The van der Waals surface area contributed by atoms with E-state index < -0.39 is 0 Å². The molecule has 0 aliphatic carbocycles. The van der Waals surface area contributed by atoms with Crippen LogP contribution in [0.25, 0.3) is 0 Å². The number of hydrogen-bond donors (Lipinski definition) is 2. The number of amides is 1. The van der Waals surface area contributed by atoms with E-state index in [-0.39, 0.29) is 18.6 Å². The molecule has 2 rings (SSSR count). The standard InChI is InChI=1S/C16H21N3O2S/c1-11-14(22-16(17-11)19(2)3)15(21)18-13(9-10-20)12-7-5-4-6-8-12/h4-8,13,20H,9-10H2,1-3H3,(H,18,21). The fourth-order valence-corrected chi connectivity index (χ4v) is 3.04. The van der Waals surface area contributed by atoms with E-state index in [2.05, 4.69) is 10.3 Å². The van der Waals surface area contributed by atoms with Gasteiger partial charge in [-0.2, -0.15) is 0 Å². The molecule has 1 atom stereocenters. The molecule has 0 spiro atoms. The predicted molar refractivity (Wildman–Crippen MR) is 89.5 cm³/mol. The van der Waals surface area contributed by atoms with Gasteiger partial charge in [0.25, 0.3) is 5.91 Å². The van der Waals surface area contributed by atoms with Crippen molar-refractivity contribution < 1.29 is 9.90 Å². The topological polar surface area (TPSA) is 65.5 Å². The summed E-state index contributed by atoms with van der Waals surface area (Å²) in [5.74, 6) is -0.148. The third-order valence-electron chi connectivity index (χ3n) is 3.30. The van der Waals surface area contributed by atoms with Crippen molar-refractivity contribution in [3.8, 4) is 0 Å². The number of aliphatic hydroxyl groups is 1. The molecule has 22 heavy (non-hydrogen) atoms. The highest BCUT2D eigenvalue weighted by Gasteiger charge is 2.20. The molecule has 2 N–H and O–H groups in total. The number of nitrogens with zero attached hydrogens (tertiary/aromatic N) is 2. The van der Waals surface area contributed by atoms with Crippen LogP contribution in [0.1, 0.15) is 33.4 Å². The van der Waals surface area contributed by atoms with Crippen LogP contribution in [0, 0.1) is 6.92 Å². The van der Waals surface area contributed by atoms with Crippen molar-refractivity contribution >= 4 is 22.4 Å². The molecule has 5 nitrogen and oxygen atoms in total. The SMILES string of the molecule is Cc1nc(N(C)C)sc1C(=O)NC(CCO)c1ccccc1. The summed E-state index contributed by atoms with van der Waals surface area (Å²) in [6.07, 6.45) is 0.480. The maximum absolute atomic E-state index is 12.5. The zero-order valence-corrected chi connectivity index (χ0v) is 13.9. The van der Waals surface area contributed by atoms with Crippen molar-refractivity contribution in [2.24, 2.45) is 0 Å². The number of aryl methyl sites for hydroxylation is 1. The first-order valence-corrected chi connectivity index (χ1v) is 7.96. The molecule has 1 heterocycles. The minimum absolute atomic E-state index is 0.0183. The molecule has 118 valence electrons. The van der Waals surface area contributed by atoms with E-state index in [1.807, 2.05) is 56.3 Å². The van der Waals surface area contributed by atoms with Crippen LogP contribution >= 0.6 is 11.3 Å². The Balaban J connectivity index is 2.18. The van der Waals surface area contributed by atoms with E-state index in [1.165, 1.54) is 11.3 Å². The molecule has 0 saturated heterocycles. The first-order chi connectivity index (χ1) is 10.5. The molecule has 1 amide bonds. The first kappa shape index (κ1) is 16.5. The summed E-state index contributed by atoms with van der Waals surface area (Å²) in [5.41, 5.74) is 1.71. The van der Waals surface area contributed by atoms with Crippen LogP contribution in [0.15, 0.2) is 30.3 Å². The van der Waals surface area contributed by atoms with Gasteiger partial charge in [-0.15, -0.1) is 0 Å². The molecule has 0 aliphatic heterocycles. The second kappa shape index (κ2) is 7.38. The quantitative estimate of drug-likeness (QED) is 0.858. The van der Waals surface area contributed by atoms with Gasteiger partial charge in [-0.05, 0) is 18.9 Å². The van der Waals surface area contributed by atoms with E-state index in [0.717, 1.165) is 16.4 Å². The van der Waals surface area contributed by atoms with Gasteiger partial charge in [0.2, 0.25) is 0 Å². The number of benzene rings is 1. The van der Waals surface area contributed by atoms with Crippen molar-refractivity contribution in [2.45, 2.75) is 19.4 Å². The lowest BCUT2D eigenvalue weighted by molar-refractivity contribution is 0.0933. The highest BCUT2D eigenvalue weighted by molar-refractivity contribution is 7.17. The lowest BCUT2D eigenvalue weighted by atomic mass is 10.0. The van der Waals surface area contributed by atoms with Gasteiger partial charge in [0.15, 0.2) is 5.13 Å². The van der Waals surface area contributed by atoms with Crippen molar-refractivity contribution in [3.63, 3.8) is 0 Å². The average molecular weight is 319 g/mol. The summed E-state index contributed by atoms with van der Waals surface area (Å²) < 4.78 is 0. The van der Waals surface area contributed by atoms with E-state index in [1.54, 1.807) is 0 Å². The zero-order valence-electron chi connectivity index (χ0n) is 13.0. The van der Waals surface area contributed by atoms with Gasteiger partial charge in [-0.25, -0.2) is 4.98 Å². The maximum atomic E-state index is 12.5. The Kier molecular flexibility index (Phi) is 5.51. The number of carbonyl (C=O) groups is 1. The van der Waals surface area contributed by atoms with E-state index >= 15 is 0 Å². The second-order valence-corrected chi connectivity index (χ2v) is 6.23. The molecule has 0 bridgehead atoms. The lowest BCUT2D eigenvalue weighted by Gasteiger charge is -2.18. The van der Waals surface area contributed by atoms with Crippen LogP contribution in [0.5, 0.6) is 0 Å². The zero-order chi connectivity index (χ0) is 16.1. The van der Waals surface area contributed by atoms with Gasteiger partial charge in [0.05, 0.1) is 11.7 Å². The third-order valence-corrected chi connectivity index (χ3v) is 4.62. The number of hydrogen-bond acceptors (Lipinski definition) is 5. The molecule has 1 aromatic carbocycles. The van der Waals surface area contributed by atoms with Gasteiger partial charge >= 0.3 is 0 Å². The Labute approximate surface area is 134 Å².